The number of nitro groups is 1. The van der Waals surface area contributed by atoms with Gasteiger partial charge in [-0.15, -0.1) is 0 Å². The molecule has 1 N–H and O–H groups in total. The van der Waals surface area contributed by atoms with Crippen LogP contribution in [0.2, 0.25) is 0 Å². The Morgan fingerprint density at radius 1 is 1.48 bits per heavy atom. The molecule has 9 heteroatoms. The number of nitrogens with zero attached hydrogens (tertiary/aromatic N) is 1. The fourth-order valence-corrected chi connectivity index (χ4v) is 3.16. The van der Waals surface area contributed by atoms with E-state index in [0.717, 1.165) is 5.41 Å². The number of anilines is 1. The van der Waals surface area contributed by atoms with Crippen LogP contribution in [0, 0.1) is 10.1 Å². The standard InChI is InChI=1S/C12H12N2O6S/c1-20-12(15)8-2-3-11(14(16)17)10(6-8)13-9-4-5-21(18,19)7-9/h2-6,9,13H,7H2,1H3. The van der Waals surface area contributed by atoms with Crippen LogP contribution in [0.4, 0.5) is 11.4 Å². The summed E-state index contributed by atoms with van der Waals surface area (Å²) in [5.41, 5.74) is -0.0505. The molecular formula is C12H12N2O6S. The first kappa shape index (κ1) is 15.0. The Morgan fingerprint density at radius 2 is 2.19 bits per heavy atom. The zero-order valence-electron chi connectivity index (χ0n) is 11.0. The average molecular weight is 312 g/mol. The molecule has 112 valence electrons. The summed E-state index contributed by atoms with van der Waals surface area (Å²) in [7, 11) is -2.09. The second kappa shape index (κ2) is 5.52. The van der Waals surface area contributed by atoms with Crippen molar-refractivity contribution in [3.63, 3.8) is 0 Å². The van der Waals surface area contributed by atoms with Crippen molar-refractivity contribution in [1.29, 1.82) is 0 Å². The number of esters is 1. The van der Waals surface area contributed by atoms with Crippen LogP contribution in [-0.4, -0.2) is 38.2 Å². The summed E-state index contributed by atoms with van der Waals surface area (Å²) in [6.45, 7) is 0. The third-order valence-corrected chi connectivity index (χ3v) is 4.28. The summed E-state index contributed by atoms with van der Waals surface area (Å²) in [5.74, 6) is -0.824. The van der Waals surface area contributed by atoms with Gasteiger partial charge < -0.3 is 10.1 Å². The van der Waals surface area contributed by atoms with Crippen molar-refractivity contribution in [2.45, 2.75) is 6.04 Å². The van der Waals surface area contributed by atoms with Crippen LogP contribution in [0.25, 0.3) is 0 Å². The van der Waals surface area contributed by atoms with Gasteiger partial charge in [0.05, 0.1) is 29.4 Å². The second-order valence-corrected chi connectivity index (χ2v) is 6.32. The van der Waals surface area contributed by atoms with Gasteiger partial charge in [-0.3, -0.25) is 10.1 Å². The normalized spacial score (nSPS) is 19.2. The quantitative estimate of drug-likeness (QED) is 0.503. The number of hydrogen-bond donors (Lipinski definition) is 1. The minimum absolute atomic E-state index is 0.0645. The van der Waals surface area contributed by atoms with Crippen LogP contribution < -0.4 is 5.32 Å². The predicted molar refractivity (Wildman–Crippen MR) is 74.8 cm³/mol. The number of nitro benzene ring substituents is 1. The highest BCUT2D eigenvalue weighted by molar-refractivity contribution is 7.94. The molecule has 0 spiro atoms. The first-order valence-electron chi connectivity index (χ1n) is 5.86. The summed E-state index contributed by atoms with van der Waals surface area (Å²) >= 11 is 0. The van der Waals surface area contributed by atoms with E-state index in [1.165, 1.54) is 31.4 Å². The highest BCUT2D eigenvalue weighted by atomic mass is 32.2. The maximum atomic E-state index is 11.5. The van der Waals surface area contributed by atoms with Gasteiger partial charge in [-0.25, -0.2) is 13.2 Å². The van der Waals surface area contributed by atoms with E-state index in [2.05, 4.69) is 10.1 Å². The predicted octanol–water partition coefficient (Wildman–Crippen LogP) is 1.10. The lowest BCUT2D eigenvalue weighted by Crippen LogP contribution is -2.21. The highest BCUT2D eigenvalue weighted by Crippen LogP contribution is 2.27. The fraction of sp³-hybridized carbons (Fsp3) is 0.250. The number of carbonyl (C=O) groups excluding carboxylic acids is 1. The summed E-state index contributed by atoms with van der Waals surface area (Å²) in [6.07, 6.45) is 1.41. The Hall–Kier alpha value is -2.42. The van der Waals surface area contributed by atoms with Gasteiger partial charge in [-0.1, -0.05) is 6.08 Å². The third-order valence-electron chi connectivity index (χ3n) is 2.89. The minimum Gasteiger partial charge on any atom is -0.465 e. The third kappa shape index (κ3) is 3.37. The molecule has 0 amide bonds. The fourth-order valence-electron chi connectivity index (χ4n) is 1.92. The van der Waals surface area contributed by atoms with Gasteiger partial charge >= 0.3 is 5.97 Å². The Labute approximate surface area is 120 Å². The second-order valence-electron chi connectivity index (χ2n) is 4.39. The van der Waals surface area contributed by atoms with Gasteiger partial charge in [0.15, 0.2) is 9.84 Å². The van der Waals surface area contributed by atoms with E-state index in [9.17, 15) is 23.3 Å². The zero-order valence-corrected chi connectivity index (χ0v) is 11.8. The van der Waals surface area contributed by atoms with Crippen molar-refractivity contribution in [2.24, 2.45) is 0 Å². The molecule has 8 nitrogen and oxygen atoms in total. The van der Waals surface area contributed by atoms with Crippen molar-refractivity contribution < 1.29 is 22.9 Å². The molecule has 0 aromatic heterocycles. The van der Waals surface area contributed by atoms with Gasteiger partial charge in [0.25, 0.3) is 5.69 Å². The van der Waals surface area contributed by atoms with E-state index < -0.39 is 26.8 Å². The maximum absolute atomic E-state index is 11.5. The average Bonchev–Trinajstić information content (AvgIpc) is 2.76. The Bertz CT molecular complexity index is 725. The number of benzene rings is 1. The summed E-state index contributed by atoms with van der Waals surface area (Å²) < 4.78 is 27.2. The number of nitrogens with one attached hydrogen (secondary N) is 1. The first-order valence-corrected chi connectivity index (χ1v) is 7.58. The molecule has 0 saturated carbocycles. The van der Waals surface area contributed by atoms with Crippen LogP contribution in [0.5, 0.6) is 0 Å². The Morgan fingerprint density at radius 3 is 2.71 bits per heavy atom. The van der Waals surface area contributed by atoms with Crippen molar-refractivity contribution in [3.05, 3.63) is 45.4 Å². The molecule has 0 radical (unpaired) electrons. The summed E-state index contributed by atoms with van der Waals surface area (Å²) in [5, 5.41) is 14.8. The minimum atomic E-state index is -3.28. The lowest BCUT2D eigenvalue weighted by molar-refractivity contribution is -0.384. The molecule has 1 atom stereocenters. The number of methoxy groups -OCH3 is 1. The monoisotopic (exact) mass is 312 g/mol. The molecule has 0 aliphatic carbocycles. The molecule has 0 bridgehead atoms. The molecule has 0 fully saturated rings. The van der Waals surface area contributed by atoms with Crippen LogP contribution >= 0.6 is 0 Å². The number of ether oxygens (including phenoxy) is 1. The van der Waals surface area contributed by atoms with Crippen molar-refractivity contribution in [2.75, 3.05) is 18.2 Å². The Kier molecular flexibility index (Phi) is 3.94. The summed E-state index contributed by atoms with van der Waals surface area (Å²) in [4.78, 5) is 21.8. The molecule has 1 aliphatic rings. The van der Waals surface area contributed by atoms with E-state index in [1.54, 1.807) is 0 Å². The molecule has 21 heavy (non-hydrogen) atoms. The van der Waals surface area contributed by atoms with Gasteiger partial charge in [-0.05, 0) is 12.1 Å². The van der Waals surface area contributed by atoms with E-state index in [0.29, 0.717) is 0 Å². The van der Waals surface area contributed by atoms with Gasteiger partial charge in [-0.2, -0.15) is 0 Å². The highest BCUT2D eigenvalue weighted by Gasteiger charge is 2.25. The van der Waals surface area contributed by atoms with E-state index >= 15 is 0 Å². The molecule has 1 aliphatic heterocycles. The van der Waals surface area contributed by atoms with E-state index in [4.69, 9.17) is 0 Å². The van der Waals surface area contributed by atoms with Crippen LogP contribution in [0.15, 0.2) is 29.7 Å². The van der Waals surface area contributed by atoms with Gasteiger partial charge in [0.1, 0.15) is 5.69 Å². The SMILES string of the molecule is COC(=O)c1ccc([N+](=O)[O-])c(NC2C=CS(=O)(=O)C2)c1. The molecule has 0 saturated heterocycles. The topological polar surface area (TPSA) is 116 Å². The lowest BCUT2D eigenvalue weighted by atomic mass is 10.1. The molecule has 1 unspecified atom stereocenters. The Balaban J connectivity index is 2.33. The van der Waals surface area contributed by atoms with Crippen LogP contribution in [0.1, 0.15) is 10.4 Å². The molecular weight excluding hydrogens is 300 g/mol. The van der Waals surface area contributed by atoms with Crippen LogP contribution in [-0.2, 0) is 14.6 Å². The smallest absolute Gasteiger partial charge is 0.337 e. The number of hydrogen-bond acceptors (Lipinski definition) is 7. The van der Waals surface area contributed by atoms with E-state index in [1.807, 2.05) is 0 Å². The van der Waals surface area contributed by atoms with Gasteiger partial charge in [0, 0.05) is 11.5 Å². The number of rotatable bonds is 4. The van der Waals surface area contributed by atoms with E-state index in [-0.39, 0.29) is 22.7 Å². The maximum Gasteiger partial charge on any atom is 0.337 e. The van der Waals surface area contributed by atoms with Crippen molar-refractivity contribution >= 4 is 27.2 Å². The first-order chi connectivity index (χ1) is 9.82. The molecule has 2 rings (SSSR count). The van der Waals surface area contributed by atoms with Gasteiger partial charge in [0.2, 0.25) is 0 Å². The zero-order chi connectivity index (χ0) is 15.6. The molecule has 1 heterocycles. The molecule has 1 aromatic carbocycles. The van der Waals surface area contributed by atoms with Crippen molar-refractivity contribution in [3.8, 4) is 0 Å². The summed E-state index contributed by atoms with van der Waals surface area (Å²) in [6, 6.07) is 3.13. The number of sulfone groups is 1. The lowest BCUT2D eigenvalue weighted by Gasteiger charge is -2.12. The number of carbonyl (C=O) groups is 1. The van der Waals surface area contributed by atoms with Crippen LogP contribution in [0.3, 0.4) is 0 Å². The van der Waals surface area contributed by atoms with Crippen molar-refractivity contribution in [1.82, 2.24) is 0 Å². The molecule has 1 aromatic rings. The largest absolute Gasteiger partial charge is 0.465 e.